The van der Waals surface area contributed by atoms with Crippen LogP contribution in [0.3, 0.4) is 0 Å². The Bertz CT molecular complexity index is 649. The molecule has 1 aromatic rings. The summed E-state index contributed by atoms with van der Waals surface area (Å²) in [4.78, 5) is 0. The summed E-state index contributed by atoms with van der Waals surface area (Å²) in [6, 6.07) is 3.33. The molecule has 0 bridgehead atoms. The number of benzene rings is 1. The van der Waals surface area contributed by atoms with Gasteiger partial charge in [0.05, 0.1) is 25.9 Å². The average Bonchev–Trinajstić information content (AvgIpc) is 2.69. The third kappa shape index (κ3) is 6.58. The van der Waals surface area contributed by atoms with Gasteiger partial charge in [0.15, 0.2) is 0 Å². The summed E-state index contributed by atoms with van der Waals surface area (Å²) in [7, 11) is 0. The first-order valence-corrected chi connectivity index (χ1v) is 9.10. The molecular formula is C22H34O6. The minimum atomic E-state index is -0.825. The third-order valence-electron chi connectivity index (χ3n) is 4.61. The van der Waals surface area contributed by atoms with Gasteiger partial charge in [-0.25, -0.2) is 0 Å². The maximum atomic E-state index is 10.1. The fourth-order valence-electron chi connectivity index (χ4n) is 2.74. The van der Waals surface area contributed by atoms with Gasteiger partial charge in [-0.15, -0.1) is 13.2 Å². The maximum Gasteiger partial charge on any atom is 0.126 e. The van der Waals surface area contributed by atoms with Crippen molar-refractivity contribution in [3.8, 4) is 5.75 Å². The lowest BCUT2D eigenvalue weighted by Crippen LogP contribution is -2.22. The number of phenols is 1. The van der Waals surface area contributed by atoms with Crippen molar-refractivity contribution in [2.45, 2.75) is 51.9 Å². The molecule has 6 heteroatoms. The second-order valence-electron chi connectivity index (χ2n) is 6.81. The lowest BCUT2D eigenvalue weighted by Gasteiger charge is -2.30. The number of hydrogen-bond acceptors (Lipinski definition) is 6. The van der Waals surface area contributed by atoms with Crippen LogP contribution in [0.5, 0.6) is 5.75 Å². The van der Waals surface area contributed by atoms with Crippen molar-refractivity contribution >= 4 is 0 Å². The molecule has 1 unspecified atom stereocenters. The molecule has 28 heavy (non-hydrogen) atoms. The van der Waals surface area contributed by atoms with Gasteiger partial charge in [-0.05, 0) is 42.2 Å². The van der Waals surface area contributed by atoms with Crippen molar-refractivity contribution in [1.29, 1.82) is 0 Å². The van der Waals surface area contributed by atoms with Crippen LogP contribution in [-0.4, -0.2) is 50.0 Å². The lowest BCUT2D eigenvalue weighted by atomic mass is 9.75. The number of allylic oxidation sites excluding steroid dienone is 2. The summed E-state index contributed by atoms with van der Waals surface area (Å²) >= 11 is 0. The van der Waals surface area contributed by atoms with Gasteiger partial charge in [0, 0.05) is 23.1 Å². The van der Waals surface area contributed by atoms with Crippen LogP contribution in [0, 0.1) is 0 Å². The van der Waals surface area contributed by atoms with Gasteiger partial charge in [0.2, 0.25) is 0 Å². The molecule has 0 aliphatic carbocycles. The highest BCUT2D eigenvalue weighted by Gasteiger charge is 2.27. The van der Waals surface area contributed by atoms with E-state index in [4.69, 9.17) is 0 Å². The zero-order valence-electron chi connectivity index (χ0n) is 17.0. The molecule has 0 aliphatic heterocycles. The molecule has 0 spiro atoms. The molecule has 0 saturated heterocycles. The quantitative estimate of drug-likeness (QED) is 0.282. The summed E-state index contributed by atoms with van der Waals surface area (Å²) in [6.45, 7) is 10.3. The van der Waals surface area contributed by atoms with E-state index in [1.54, 1.807) is 25.1 Å². The minimum Gasteiger partial charge on any atom is -0.507 e. The largest absolute Gasteiger partial charge is 0.507 e. The predicted molar refractivity (Wildman–Crippen MR) is 111 cm³/mol. The number of rotatable bonds is 9. The monoisotopic (exact) mass is 394 g/mol. The highest BCUT2D eigenvalue weighted by atomic mass is 16.3. The van der Waals surface area contributed by atoms with E-state index in [1.807, 2.05) is 19.9 Å². The van der Waals surface area contributed by atoms with Crippen LogP contribution in [0.15, 0.2) is 48.6 Å². The Morgan fingerprint density at radius 2 is 1.57 bits per heavy atom. The molecule has 0 aromatic heterocycles. The second-order valence-corrected chi connectivity index (χ2v) is 6.81. The molecule has 1 rings (SSSR count). The van der Waals surface area contributed by atoms with Crippen LogP contribution in [0.25, 0.3) is 0 Å². The van der Waals surface area contributed by atoms with Crippen LogP contribution >= 0.6 is 0 Å². The van der Waals surface area contributed by atoms with E-state index in [1.165, 1.54) is 0 Å². The summed E-state index contributed by atoms with van der Waals surface area (Å²) in [6.07, 6.45) is 3.09. The standard InChI is InChI=1S/C20H30O6.C2H4/c1-13(25)14(10-22)7-17(5-4-6-21)20(2,3)18-8-15(11-23)19(26)16(9-18)12-24;1-2/h5,7-9,13,21-26H,4,6,10-12H2,1-3H3;1-2H2/b14-7-,17-5+;. The van der Waals surface area contributed by atoms with Crippen LogP contribution < -0.4 is 0 Å². The first-order valence-electron chi connectivity index (χ1n) is 9.10. The Hall–Kier alpha value is -1.96. The van der Waals surface area contributed by atoms with E-state index in [9.17, 15) is 30.6 Å². The topological polar surface area (TPSA) is 121 Å². The zero-order chi connectivity index (χ0) is 21.9. The van der Waals surface area contributed by atoms with Crippen molar-refractivity contribution in [2.24, 2.45) is 0 Å². The van der Waals surface area contributed by atoms with E-state index in [-0.39, 0.29) is 32.2 Å². The maximum absolute atomic E-state index is 10.1. The molecule has 0 radical (unpaired) electrons. The normalized spacial score (nSPS) is 13.7. The summed E-state index contributed by atoms with van der Waals surface area (Å²) in [5.41, 5.74) is 1.92. The molecule has 0 fully saturated rings. The predicted octanol–water partition coefficient (Wildman–Crippen LogP) is 2.06. The SMILES string of the molecule is C=C.CC(O)/C(=C\C(=C/CCO)C(C)(C)c1cc(CO)c(O)c(CO)c1)CO. The summed E-state index contributed by atoms with van der Waals surface area (Å²) in [5, 5.41) is 57.6. The summed E-state index contributed by atoms with van der Waals surface area (Å²) < 4.78 is 0. The fraction of sp³-hybridized carbons (Fsp3) is 0.455. The van der Waals surface area contributed by atoms with Gasteiger partial charge >= 0.3 is 0 Å². The van der Waals surface area contributed by atoms with E-state index in [0.717, 1.165) is 11.1 Å². The molecule has 0 amide bonds. The number of aliphatic hydroxyl groups excluding tert-OH is 5. The molecule has 158 valence electrons. The van der Waals surface area contributed by atoms with Gasteiger partial charge in [0.25, 0.3) is 0 Å². The van der Waals surface area contributed by atoms with Crippen molar-refractivity contribution in [3.63, 3.8) is 0 Å². The molecule has 0 aliphatic rings. The van der Waals surface area contributed by atoms with Crippen LogP contribution in [-0.2, 0) is 18.6 Å². The Morgan fingerprint density at radius 1 is 1.07 bits per heavy atom. The van der Waals surface area contributed by atoms with E-state index >= 15 is 0 Å². The molecule has 6 N–H and O–H groups in total. The molecule has 0 saturated carbocycles. The van der Waals surface area contributed by atoms with Gasteiger partial charge < -0.3 is 30.6 Å². The highest BCUT2D eigenvalue weighted by Crippen LogP contribution is 2.37. The minimum absolute atomic E-state index is 0.0457. The highest BCUT2D eigenvalue weighted by molar-refractivity contribution is 5.50. The Labute approximate surface area is 167 Å². The third-order valence-corrected chi connectivity index (χ3v) is 4.61. The average molecular weight is 395 g/mol. The van der Waals surface area contributed by atoms with Crippen molar-refractivity contribution in [3.05, 3.63) is 65.3 Å². The molecule has 1 atom stereocenters. The second kappa shape index (κ2) is 12.5. The van der Waals surface area contributed by atoms with Crippen molar-refractivity contribution in [2.75, 3.05) is 13.2 Å². The van der Waals surface area contributed by atoms with Crippen LogP contribution in [0.4, 0.5) is 0 Å². The smallest absolute Gasteiger partial charge is 0.126 e. The Kier molecular flexibility index (Phi) is 11.6. The molecular weight excluding hydrogens is 360 g/mol. The van der Waals surface area contributed by atoms with Gasteiger partial charge in [-0.3, -0.25) is 0 Å². The first kappa shape index (κ1) is 26.0. The molecule has 6 nitrogen and oxygen atoms in total. The van der Waals surface area contributed by atoms with Crippen LogP contribution in [0.1, 0.15) is 43.9 Å². The van der Waals surface area contributed by atoms with Crippen molar-refractivity contribution in [1.82, 2.24) is 0 Å². The van der Waals surface area contributed by atoms with Gasteiger partial charge in [-0.1, -0.05) is 26.0 Å². The van der Waals surface area contributed by atoms with Gasteiger partial charge in [0.1, 0.15) is 5.75 Å². The van der Waals surface area contributed by atoms with Crippen LogP contribution in [0.2, 0.25) is 0 Å². The molecule has 0 heterocycles. The van der Waals surface area contributed by atoms with E-state index in [2.05, 4.69) is 13.2 Å². The fourth-order valence-corrected chi connectivity index (χ4v) is 2.74. The molecule has 1 aromatic carbocycles. The number of hydrogen-bond donors (Lipinski definition) is 6. The van der Waals surface area contributed by atoms with Crippen molar-refractivity contribution < 1.29 is 30.6 Å². The summed E-state index contributed by atoms with van der Waals surface area (Å²) in [5.74, 6) is -0.133. The first-order chi connectivity index (χ1) is 13.2. The number of aliphatic hydroxyl groups is 5. The zero-order valence-corrected chi connectivity index (χ0v) is 17.0. The Morgan fingerprint density at radius 3 is 1.93 bits per heavy atom. The van der Waals surface area contributed by atoms with E-state index < -0.39 is 11.5 Å². The van der Waals surface area contributed by atoms with Gasteiger partial charge in [-0.2, -0.15) is 0 Å². The van der Waals surface area contributed by atoms with E-state index in [0.29, 0.717) is 23.1 Å². The Balaban J connectivity index is 0.00000352. The number of aromatic hydroxyl groups is 1. The lowest BCUT2D eigenvalue weighted by molar-refractivity contribution is 0.204.